The first-order valence-electron chi connectivity index (χ1n) is 8.42. The number of nitrogens with zero attached hydrogens (tertiary/aromatic N) is 2. The summed E-state index contributed by atoms with van der Waals surface area (Å²) in [5.74, 6) is -1.91. The normalized spacial score (nSPS) is 12.9. The molecule has 0 aliphatic carbocycles. The van der Waals surface area contributed by atoms with Crippen LogP contribution in [0, 0.1) is 11.7 Å². The topological polar surface area (TPSA) is 115 Å². The van der Waals surface area contributed by atoms with Crippen LogP contribution in [-0.4, -0.2) is 24.5 Å². The predicted molar refractivity (Wildman–Crippen MR) is 95.3 cm³/mol. The maximum absolute atomic E-state index is 13.8. The summed E-state index contributed by atoms with van der Waals surface area (Å²) >= 11 is 0. The molecule has 0 spiro atoms. The van der Waals surface area contributed by atoms with Gasteiger partial charge >= 0.3 is 5.22 Å². The molecule has 2 aromatic heterocycles. The molecule has 0 aliphatic rings. The third-order valence-electron chi connectivity index (χ3n) is 3.96. The summed E-state index contributed by atoms with van der Waals surface area (Å²) in [7, 11) is -4.06. The Bertz CT molecular complexity index is 1060. The number of rotatable bonds is 7. The molecule has 1 aromatic carbocycles. The van der Waals surface area contributed by atoms with Crippen molar-refractivity contribution in [2.75, 3.05) is 0 Å². The predicted octanol–water partition coefficient (Wildman–Crippen LogP) is 2.90. The number of hydrogen-bond acceptors (Lipinski definition) is 7. The summed E-state index contributed by atoms with van der Waals surface area (Å²) in [6, 6.07) is 7.86. The van der Waals surface area contributed by atoms with E-state index in [1.165, 1.54) is 36.6 Å². The molecule has 3 rings (SSSR count). The molecule has 1 N–H and O–H groups in total. The maximum Gasteiger partial charge on any atom is 0.335 e. The van der Waals surface area contributed by atoms with Gasteiger partial charge in [0.1, 0.15) is 11.9 Å². The Morgan fingerprint density at radius 2 is 1.93 bits per heavy atom. The SMILES string of the molecule is CC(C)[C@H](NC(=O)c1ccco1)c1nnc(S(=O)(=O)Cc2ccccc2F)o1. The summed E-state index contributed by atoms with van der Waals surface area (Å²) in [5, 5.41) is 9.39. The van der Waals surface area contributed by atoms with E-state index in [-0.39, 0.29) is 23.1 Å². The number of hydrogen-bond donors (Lipinski definition) is 1. The maximum atomic E-state index is 13.8. The minimum atomic E-state index is -4.06. The smallest absolute Gasteiger partial charge is 0.335 e. The third kappa shape index (κ3) is 4.28. The number of carbonyl (C=O) groups excluding carboxylic acids is 1. The fourth-order valence-electron chi connectivity index (χ4n) is 2.49. The van der Waals surface area contributed by atoms with Crippen LogP contribution in [0.5, 0.6) is 0 Å². The van der Waals surface area contributed by atoms with Gasteiger partial charge in [-0.3, -0.25) is 4.79 Å². The molecule has 3 aromatic rings. The lowest BCUT2D eigenvalue weighted by Crippen LogP contribution is -2.31. The molecule has 0 fully saturated rings. The van der Waals surface area contributed by atoms with Crippen LogP contribution >= 0.6 is 0 Å². The van der Waals surface area contributed by atoms with Crippen molar-refractivity contribution in [3.8, 4) is 0 Å². The number of benzene rings is 1. The highest BCUT2D eigenvalue weighted by Crippen LogP contribution is 2.24. The first kappa shape index (κ1) is 19.7. The van der Waals surface area contributed by atoms with Crippen molar-refractivity contribution in [2.24, 2.45) is 5.92 Å². The molecule has 1 atom stereocenters. The minimum absolute atomic E-state index is 0.00576. The highest BCUT2D eigenvalue weighted by Gasteiger charge is 2.30. The Morgan fingerprint density at radius 1 is 1.18 bits per heavy atom. The number of carbonyl (C=O) groups is 1. The monoisotopic (exact) mass is 407 g/mol. The zero-order valence-corrected chi connectivity index (χ0v) is 15.9. The van der Waals surface area contributed by atoms with E-state index >= 15 is 0 Å². The van der Waals surface area contributed by atoms with Crippen molar-refractivity contribution in [2.45, 2.75) is 30.9 Å². The van der Waals surface area contributed by atoms with Crippen LogP contribution in [0.1, 0.15) is 41.9 Å². The lowest BCUT2D eigenvalue weighted by molar-refractivity contribution is 0.0887. The van der Waals surface area contributed by atoms with Crippen molar-refractivity contribution < 1.29 is 26.4 Å². The number of amides is 1. The van der Waals surface area contributed by atoms with Gasteiger partial charge in [-0.15, -0.1) is 5.10 Å². The quantitative estimate of drug-likeness (QED) is 0.640. The Morgan fingerprint density at radius 3 is 2.57 bits per heavy atom. The van der Waals surface area contributed by atoms with Crippen LogP contribution in [0.4, 0.5) is 4.39 Å². The van der Waals surface area contributed by atoms with Crippen molar-refractivity contribution in [3.05, 3.63) is 65.7 Å². The van der Waals surface area contributed by atoms with Gasteiger partial charge < -0.3 is 14.2 Å². The summed E-state index contributed by atoms with van der Waals surface area (Å²) in [6.45, 7) is 3.59. The van der Waals surface area contributed by atoms with Gasteiger partial charge in [-0.1, -0.05) is 37.1 Å². The Labute approximate surface area is 160 Å². The Balaban J connectivity index is 1.82. The van der Waals surface area contributed by atoms with E-state index < -0.39 is 38.6 Å². The molecule has 0 radical (unpaired) electrons. The number of nitrogens with one attached hydrogen (secondary N) is 1. The van der Waals surface area contributed by atoms with E-state index in [4.69, 9.17) is 8.83 Å². The molecular formula is C18H18FN3O5S. The molecule has 28 heavy (non-hydrogen) atoms. The molecule has 0 saturated heterocycles. The van der Waals surface area contributed by atoms with Gasteiger partial charge in [0.2, 0.25) is 15.7 Å². The summed E-state index contributed by atoms with van der Waals surface area (Å²) < 4.78 is 49.1. The highest BCUT2D eigenvalue weighted by atomic mass is 32.2. The van der Waals surface area contributed by atoms with Crippen LogP contribution in [0.25, 0.3) is 0 Å². The number of aromatic nitrogens is 2. The number of sulfone groups is 1. The van der Waals surface area contributed by atoms with Crippen LogP contribution < -0.4 is 5.32 Å². The lowest BCUT2D eigenvalue weighted by atomic mass is 10.0. The second kappa shape index (κ2) is 7.93. The largest absolute Gasteiger partial charge is 0.459 e. The summed E-state index contributed by atoms with van der Waals surface area (Å²) in [4.78, 5) is 12.2. The highest BCUT2D eigenvalue weighted by molar-refractivity contribution is 7.90. The van der Waals surface area contributed by atoms with Crippen LogP contribution in [0.2, 0.25) is 0 Å². The number of halogens is 1. The molecule has 10 heteroatoms. The molecule has 0 bridgehead atoms. The fourth-order valence-corrected chi connectivity index (χ4v) is 3.63. The van der Waals surface area contributed by atoms with Gasteiger partial charge in [0.05, 0.1) is 12.0 Å². The zero-order valence-electron chi connectivity index (χ0n) is 15.1. The first-order valence-corrected chi connectivity index (χ1v) is 10.1. The van der Waals surface area contributed by atoms with Crippen molar-refractivity contribution >= 4 is 15.7 Å². The van der Waals surface area contributed by atoms with Crippen molar-refractivity contribution in [1.29, 1.82) is 0 Å². The molecule has 0 aliphatic heterocycles. The average Bonchev–Trinajstić information content (AvgIpc) is 3.33. The lowest BCUT2D eigenvalue weighted by Gasteiger charge is -2.17. The Hall–Kier alpha value is -3.01. The fraction of sp³-hybridized carbons (Fsp3) is 0.278. The van der Waals surface area contributed by atoms with E-state index in [0.29, 0.717) is 0 Å². The van der Waals surface area contributed by atoms with Gasteiger partial charge in [0, 0.05) is 5.56 Å². The van der Waals surface area contributed by atoms with Gasteiger partial charge in [-0.25, -0.2) is 12.8 Å². The van der Waals surface area contributed by atoms with E-state index in [0.717, 1.165) is 0 Å². The molecular weight excluding hydrogens is 389 g/mol. The molecule has 0 unspecified atom stereocenters. The first-order chi connectivity index (χ1) is 13.3. The molecule has 148 valence electrons. The third-order valence-corrected chi connectivity index (χ3v) is 5.34. The summed E-state index contributed by atoms with van der Waals surface area (Å²) in [6.07, 6.45) is 1.36. The van der Waals surface area contributed by atoms with E-state index in [9.17, 15) is 17.6 Å². The minimum Gasteiger partial charge on any atom is -0.459 e. The van der Waals surface area contributed by atoms with Gasteiger partial charge in [0.25, 0.3) is 5.91 Å². The standard InChI is InChI=1S/C18H18FN3O5S/c1-11(2)15(20-16(23)14-8-5-9-26-14)17-21-22-18(27-17)28(24,25)10-12-6-3-4-7-13(12)19/h3-9,11,15H,10H2,1-2H3,(H,20,23)/t15-/m0/s1. The van der Waals surface area contributed by atoms with Crippen LogP contribution in [0.15, 0.2) is 56.7 Å². The second-order valence-corrected chi connectivity index (χ2v) is 8.30. The zero-order chi connectivity index (χ0) is 20.3. The van der Waals surface area contributed by atoms with E-state index in [1.807, 2.05) is 0 Å². The van der Waals surface area contributed by atoms with Crippen LogP contribution in [0.3, 0.4) is 0 Å². The van der Waals surface area contributed by atoms with Crippen molar-refractivity contribution in [1.82, 2.24) is 15.5 Å². The molecule has 2 heterocycles. The van der Waals surface area contributed by atoms with Crippen LogP contribution in [-0.2, 0) is 15.6 Å². The van der Waals surface area contributed by atoms with Gasteiger partial charge in [-0.2, -0.15) is 0 Å². The van der Waals surface area contributed by atoms with E-state index in [1.54, 1.807) is 19.9 Å². The molecule has 1 amide bonds. The average molecular weight is 407 g/mol. The Kier molecular flexibility index (Phi) is 5.59. The second-order valence-electron chi connectivity index (χ2n) is 6.43. The van der Waals surface area contributed by atoms with Gasteiger partial charge in [0.15, 0.2) is 5.76 Å². The van der Waals surface area contributed by atoms with Crippen molar-refractivity contribution in [3.63, 3.8) is 0 Å². The van der Waals surface area contributed by atoms with Gasteiger partial charge in [-0.05, 0) is 24.1 Å². The van der Waals surface area contributed by atoms with E-state index in [2.05, 4.69) is 15.5 Å². The molecule has 8 nitrogen and oxygen atoms in total. The summed E-state index contributed by atoms with van der Waals surface area (Å²) in [5.41, 5.74) is -0.00576. The number of furan rings is 1. The molecule has 0 saturated carbocycles.